The van der Waals surface area contributed by atoms with Crippen molar-refractivity contribution in [2.24, 2.45) is 0 Å². The zero-order valence-corrected chi connectivity index (χ0v) is 13.4. The summed E-state index contributed by atoms with van der Waals surface area (Å²) in [6, 6.07) is 12.2. The summed E-state index contributed by atoms with van der Waals surface area (Å²) >= 11 is 12.2. The summed E-state index contributed by atoms with van der Waals surface area (Å²) in [5, 5.41) is 4.78. The lowest BCUT2D eigenvalue weighted by Gasteiger charge is -2.12. The molecule has 0 spiro atoms. The Balaban J connectivity index is 2.40. The Morgan fingerprint density at radius 3 is 2.35 bits per heavy atom. The van der Waals surface area contributed by atoms with Gasteiger partial charge in [-0.1, -0.05) is 53.9 Å². The normalized spacial score (nSPS) is 10.8. The van der Waals surface area contributed by atoms with E-state index >= 15 is 0 Å². The number of hydrogen-bond acceptors (Lipinski definition) is 1. The van der Waals surface area contributed by atoms with Gasteiger partial charge in [0.1, 0.15) is 0 Å². The highest BCUT2D eigenvalue weighted by molar-refractivity contribution is 6.35. The van der Waals surface area contributed by atoms with Crippen molar-refractivity contribution >= 4 is 23.2 Å². The Hall–Kier alpha value is -1.02. The number of rotatable bonds is 5. The van der Waals surface area contributed by atoms with Crippen molar-refractivity contribution in [2.75, 3.05) is 6.54 Å². The maximum absolute atomic E-state index is 6.12. The lowest BCUT2D eigenvalue weighted by molar-refractivity contribution is 0.676. The second-order valence-corrected chi connectivity index (χ2v) is 5.87. The van der Waals surface area contributed by atoms with E-state index in [2.05, 4.69) is 37.4 Å². The molecule has 0 unspecified atom stereocenters. The molecule has 0 bridgehead atoms. The number of hydrogen-bond donors (Lipinski definition) is 1. The van der Waals surface area contributed by atoms with Gasteiger partial charge in [0.15, 0.2) is 0 Å². The SMILES string of the molecule is CCCNCc1ccc(C)cc1-c1cc(Cl)cc(Cl)c1. The van der Waals surface area contributed by atoms with Crippen LogP contribution in [0.4, 0.5) is 0 Å². The van der Waals surface area contributed by atoms with Crippen LogP contribution in [-0.4, -0.2) is 6.54 Å². The van der Waals surface area contributed by atoms with E-state index in [1.165, 1.54) is 16.7 Å². The molecule has 0 aliphatic rings. The van der Waals surface area contributed by atoms with Crippen LogP contribution in [-0.2, 0) is 6.54 Å². The molecule has 3 heteroatoms. The van der Waals surface area contributed by atoms with Gasteiger partial charge in [0, 0.05) is 16.6 Å². The smallest absolute Gasteiger partial charge is 0.0426 e. The third-order valence-corrected chi connectivity index (χ3v) is 3.62. The van der Waals surface area contributed by atoms with Gasteiger partial charge in [-0.2, -0.15) is 0 Å². The number of benzene rings is 2. The zero-order chi connectivity index (χ0) is 14.5. The number of nitrogens with one attached hydrogen (secondary N) is 1. The Bertz CT molecular complexity index is 573. The summed E-state index contributed by atoms with van der Waals surface area (Å²) in [5.74, 6) is 0. The molecule has 2 rings (SSSR count). The lowest BCUT2D eigenvalue weighted by atomic mass is 9.97. The minimum Gasteiger partial charge on any atom is -0.313 e. The first-order valence-electron chi connectivity index (χ1n) is 6.87. The van der Waals surface area contributed by atoms with Crippen LogP contribution in [0.2, 0.25) is 10.0 Å². The summed E-state index contributed by atoms with van der Waals surface area (Å²) in [5.41, 5.74) is 4.76. The highest BCUT2D eigenvalue weighted by Gasteiger charge is 2.07. The molecule has 0 atom stereocenters. The molecule has 20 heavy (non-hydrogen) atoms. The number of halogens is 2. The molecule has 1 nitrogen and oxygen atoms in total. The van der Waals surface area contributed by atoms with Gasteiger partial charge in [-0.25, -0.2) is 0 Å². The van der Waals surface area contributed by atoms with Crippen molar-refractivity contribution in [1.29, 1.82) is 0 Å². The second kappa shape index (κ2) is 7.12. The molecular weight excluding hydrogens is 289 g/mol. The third-order valence-electron chi connectivity index (χ3n) is 3.18. The van der Waals surface area contributed by atoms with Gasteiger partial charge >= 0.3 is 0 Å². The summed E-state index contributed by atoms with van der Waals surface area (Å²) in [6.45, 7) is 6.13. The van der Waals surface area contributed by atoms with E-state index in [9.17, 15) is 0 Å². The van der Waals surface area contributed by atoms with Gasteiger partial charge in [0.05, 0.1) is 0 Å². The Morgan fingerprint density at radius 2 is 1.70 bits per heavy atom. The van der Waals surface area contributed by atoms with Crippen molar-refractivity contribution in [3.8, 4) is 11.1 Å². The van der Waals surface area contributed by atoms with Crippen LogP contribution in [0.25, 0.3) is 11.1 Å². The second-order valence-electron chi connectivity index (χ2n) is 5.00. The van der Waals surface area contributed by atoms with Crippen LogP contribution < -0.4 is 5.32 Å². The van der Waals surface area contributed by atoms with Crippen molar-refractivity contribution in [2.45, 2.75) is 26.8 Å². The highest BCUT2D eigenvalue weighted by Crippen LogP contribution is 2.30. The molecule has 106 valence electrons. The number of aryl methyl sites for hydroxylation is 1. The molecule has 2 aromatic carbocycles. The Morgan fingerprint density at radius 1 is 1.00 bits per heavy atom. The van der Waals surface area contributed by atoms with Gasteiger partial charge in [-0.3, -0.25) is 0 Å². The van der Waals surface area contributed by atoms with E-state index in [0.717, 1.165) is 25.1 Å². The van der Waals surface area contributed by atoms with Gasteiger partial charge in [0.2, 0.25) is 0 Å². The first kappa shape index (κ1) is 15.4. The van der Waals surface area contributed by atoms with Gasteiger partial charge in [-0.05, 0) is 54.8 Å². The predicted molar refractivity (Wildman–Crippen MR) is 88.6 cm³/mol. The monoisotopic (exact) mass is 307 g/mol. The summed E-state index contributed by atoms with van der Waals surface area (Å²) in [6.07, 6.45) is 1.13. The zero-order valence-electron chi connectivity index (χ0n) is 11.8. The molecule has 0 radical (unpaired) electrons. The molecule has 0 saturated carbocycles. The standard InChI is InChI=1S/C17H19Cl2N/c1-3-6-20-11-13-5-4-12(2)7-17(13)14-8-15(18)10-16(19)9-14/h4-5,7-10,20H,3,6,11H2,1-2H3. The third kappa shape index (κ3) is 3.99. The Labute approximate surface area is 130 Å². The van der Waals surface area contributed by atoms with Gasteiger partial charge in [0.25, 0.3) is 0 Å². The van der Waals surface area contributed by atoms with E-state index in [0.29, 0.717) is 10.0 Å². The topological polar surface area (TPSA) is 12.0 Å². The summed E-state index contributed by atoms with van der Waals surface area (Å²) < 4.78 is 0. The van der Waals surface area contributed by atoms with Crippen molar-refractivity contribution in [3.63, 3.8) is 0 Å². The summed E-state index contributed by atoms with van der Waals surface area (Å²) in [7, 11) is 0. The summed E-state index contributed by atoms with van der Waals surface area (Å²) in [4.78, 5) is 0. The van der Waals surface area contributed by atoms with Crippen molar-refractivity contribution in [3.05, 3.63) is 57.6 Å². The quantitative estimate of drug-likeness (QED) is 0.722. The molecule has 1 N–H and O–H groups in total. The highest BCUT2D eigenvalue weighted by atomic mass is 35.5. The van der Waals surface area contributed by atoms with Crippen LogP contribution in [0.3, 0.4) is 0 Å². The van der Waals surface area contributed by atoms with Gasteiger partial charge in [-0.15, -0.1) is 0 Å². The molecule has 2 aromatic rings. The van der Waals surface area contributed by atoms with Crippen LogP contribution in [0.1, 0.15) is 24.5 Å². The lowest BCUT2D eigenvalue weighted by Crippen LogP contribution is -2.14. The fourth-order valence-corrected chi connectivity index (χ4v) is 2.75. The molecule has 0 heterocycles. The largest absolute Gasteiger partial charge is 0.313 e. The minimum atomic E-state index is 0.668. The molecule has 0 aliphatic carbocycles. The van der Waals surface area contributed by atoms with E-state index in [-0.39, 0.29) is 0 Å². The first-order chi connectivity index (χ1) is 9.60. The minimum absolute atomic E-state index is 0.668. The first-order valence-corrected chi connectivity index (χ1v) is 7.62. The van der Waals surface area contributed by atoms with E-state index in [1.807, 2.05) is 12.1 Å². The molecule has 0 fully saturated rings. The maximum atomic E-state index is 6.12. The maximum Gasteiger partial charge on any atom is 0.0426 e. The van der Waals surface area contributed by atoms with E-state index < -0.39 is 0 Å². The van der Waals surface area contributed by atoms with E-state index in [4.69, 9.17) is 23.2 Å². The van der Waals surface area contributed by atoms with Gasteiger partial charge < -0.3 is 5.32 Å². The van der Waals surface area contributed by atoms with Crippen LogP contribution >= 0.6 is 23.2 Å². The molecule has 0 aliphatic heterocycles. The fraction of sp³-hybridized carbons (Fsp3) is 0.294. The van der Waals surface area contributed by atoms with Crippen LogP contribution in [0.5, 0.6) is 0 Å². The van der Waals surface area contributed by atoms with Crippen LogP contribution in [0, 0.1) is 6.92 Å². The molecule has 0 saturated heterocycles. The molecule has 0 aromatic heterocycles. The van der Waals surface area contributed by atoms with Crippen molar-refractivity contribution in [1.82, 2.24) is 5.32 Å². The van der Waals surface area contributed by atoms with E-state index in [1.54, 1.807) is 6.07 Å². The van der Waals surface area contributed by atoms with Crippen molar-refractivity contribution < 1.29 is 0 Å². The molecular formula is C17H19Cl2N. The predicted octanol–water partition coefficient (Wildman–Crippen LogP) is 5.47. The fourth-order valence-electron chi connectivity index (χ4n) is 2.22. The average Bonchev–Trinajstić information content (AvgIpc) is 2.39. The Kier molecular flexibility index (Phi) is 5.47. The van der Waals surface area contributed by atoms with Crippen LogP contribution in [0.15, 0.2) is 36.4 Å². The molecule has 0 amide bonds. The average molecular weight is 308 g/mol.